The molecule has 1 aromatic rings. The first-order valence-corrected chi connectivity index (χ1v) is 11.3. The largest absolute Gasteiger partial charge is 0.490 e. The predicted molar refractivity (Wildman–Crippen MR) is 124 cm³/mol. The lowest BCUT2D eigenvalue weighted by atomic mass is 9.94. The van der Waals surface area contributed by atoms with E-state index in [2.05, 4.69) is 16.6 Å². The van der Waals surface area contributed by atoms with Crippen molar-refractivity contribution in [3.63, 3.8) is 0 Å². The van der Waals surface area contributed by atoms with Crippen molar-refractivity contribution in [3.8, 4) is 17.6 Å². The Labute approximate surface area is 215 Å². The lowest BCUT2D eigenvalue weighted by molar-refractivity contribution is -0.191. The van der Waals surface area contributed by atoms with Crippen molar-refractivity contribution >= 4 is 5.97 Å². The third kappa shape index (κ3) is 11.7. The number of rotatable bonds is 12. The van der Waals surface area contributed by atoms with E-state index < -0.39 is 49.7 Å². The number of carboxylic acids is 1. The normalized spacial score (nSPS) is 18.4. The molecule has 0 spiro atoms. The van der Waals surface area contributed by atoms with Gasteiger partial charge in [0.05, 0.1) is 0 Å². The van der Waals surface area contributed by atoms with E-state index in [-0.39, 0.29) is 25.4 Å². The first-order valence-electron chi connectivity index (χ1n) is 11.3. The number of carbonyl (C=O) groups is 1. The molecule has 0 fully saturated rings. The monoisotopic (exact) mass is 548 g/mol. The summed E-state index contributed by atoms with van der Waals surface area (Å²) in [6.45, 7) is -1.23. The van der Waals surface area contributed by atoms with Gasteiger partial charge in [-0.15, -0.1) is 0 Å². The molecule has 1 aromatic carbocycles. The van der Waals surface area contributed by atoms with Crippen LogP contribution in [0.1, 0.15) is 18.9 Å². The van der Waals surface area contributed by atoms with Gasteiger partial charge in [0, 0.05) is 19.4 Å². The third-order valence-corrected chi connectivity index (χ3v) is 4.82. The SMILES string of the molecule is CCO[C@@H](Cc1ccc(OCC=CC#CC2(OCC(F)(F)F)C=CC=C(OCC(F)(F)F)C2)cc1)C(=O)O. The number of alkyl halides is 6. The van der Waals surface area contributed by atoms with E-state index >= 15 is 0 Å². The van der Waals surface area contributed by atoms with Crippen LogP contribution in [0.25, 0.3) is 0 Å². The van der Waals surface area contributed by atoms with E-state index in [0.717, 1.165) is 5.56 Å². The molecule has 208 valence electrons. The van der Waals surface area contributed by atoms with Gasteiger partial charge >= 0.3 is 18.3 Å². The Balaban J connectivity index is 1.97. The fraction of sp³-hybridized carbons (Fsp3) is 0.423. The first-order chi connectivity index (χ1) is 17.8. The van der Waals surface area contributed by atoms with Crippen LogP contribution in [0.4, 0.5) is 26.3 Å². The molecule has 12 heteroatoms. The van der Waals surface area contributed by atoms with Gasteiger partial charge in [0.25, 0.3) is 0 Å². The summed E-state index contributed by atoms with van der Waals surface area (Å²) in [5.41, 5.74) is -1.10. The van der Waals surface area contributed by atoms with Crippen LogP contribution in [0.3, 0.4) is 0 Å². The Morgan fingerprint density at radius 3 is 2.39 bits per heavy atom. The molecule has 38 heavy (non-hydrogen) atoms. The number of hydrogen-bond acceptors (Lipinski definition) is 5. The Morgan fingerprint density at radius 1 is 1.11 bits per heavy atom. The molecule has 0 radical (unpaired) electrons. The molecule has 1 aliphatic rings. The average Bonchev–Trinajstić information content (AvgIpc) is 2.84. The van der Waals surface area contributed by atoms with Gasteiger partial charge in [-0.05, 0) is 48.9 Å². The highest BCUT2D eigenvalue weighted by atomic mass is 19.4. The number of benzene rings is 1. The number of carboxylic acid groups (broad SMARTS) is 1. The molecule has 0 heterocycles. The van der Waals surface area contributed by atoms with Crippen LogP contribution in [-0.2, 0) is 25.4 Å². The van der Waals surface area contributed by atoms with Crippen LogP contribution >= 0.6 is 0 Å². The average molecular weight is 548 g/mol. The quantitative estimate of drug-likeness (QED) is 0.279. The molecule has 0 bridgehead atoms. The molecule has 0 saturated carbocycles. The zero-order valence-electron chi connectivity index (χ0n) is 20.3. The summed E-state index contributed by atoms with van der Waals surface area (Å²) in [6.07, 6.45) is -4.05. The van der Waals surface area contributed by atoms with Crippen molar-refractivity contribution < 1.29 is 55.2 Å². The minimum atomic E-state index is -4.67. The Hall–Kier alpha value is -3.43. The summed E-state index contributed by atoms with van der Waals surface area (Å²) < 4.78 is 95.9. The number of ether oxygens (including phenoxy) is 4. The molecule has 1 unspecified atom stereocenters. The Bertz CT molecular complexity index is 1060. The lowest BCUT2D eigenvalue weighted by Crippen LogP contribution is -2.35. The smallest absolute Gasteiger partial charge is 0.422 e. The van der Waals surface area contributed by atoms with Gasteiger partial charge < -0.3 is 24.1 Å². The molecule has 0 aromatic heterocycles. The van der Waals surface area contributed by atoms with Crippen molar-refractivity contribution in [1.29, 1.82) is 0 Å². The summed E-state index contributed by atoms with van der Waals surface area (Å²) in [7, 11) is 0. The minimum absolute atomic E-state index is 0.0524. The fourth-order valence-corrected chi connectivity index (χ4v) is 3.16. The van der Waals surface area contributed by atoms with Gasteiger partial charge in [0.1, 0.15) is 24.7 Å². The molecule has 1 N–H and O–H groups in total. The second-order valence-electron chi connectivity index (χ2n) is 7.98. The molecule has 2 atom stereocenters. The molecule has 1 aliphatic carbocycles. The van der Waals surface area contributed by atoms with Crippen LogP contribution in [0.15, 0.2) is 60.4 Å². The molecule has 2 rings (SSSR count). The highest BCUT2D eigenvalue weighted by Gasteiger charge is 2.37. The first kappa shape index (κ1) is 30.8. The van der Waals surface area contributed by atoms with E-state index in [4.69, 9.17) is 19.3 Å². The van der Waals surface area contributed by atoms with Crippen LogP contribution in [0, 0.1) is 11.8 Å². The van der Waals surface area contributed by atoms with Crippen molar-refractivity contribution in [3.05, 3.63) is 66.0 Å². The second kappa shape index (κ2) is 13.9. The van der Waals surface area contributed by atoms with Crippen molar-refractivity contribution in [1.82, 2.24) is 0 Å². The zero-order chi connectivity index (χ0) is 28.2. The van der Waals surface area contributed by atoms with Gasteiger partial charge in [0.2, 0.25) is 0 Å². The summed E-state index contributed by atoms with van der Waals surface area (Å²) in [5, 5.41) is 9.16. The summed E-state index contributed by atoms with van der Waals surface area (Å²) in [6, 6.07) is 6.66. The lowest BCUT2D eigenvalue weighted by Gasteiger charge is -2.29. The van der Waals surface area contributed by atoms with Gasteiger partial charge in [0.15, 0.2) is 18.3 Å². The fourth-order valence-electron chi connectivity index (χ4n) is 3.16. The topological polar surface area (TPSA) is 74.2 Å². The maximum Gasteiger partial charge on any atom is 0.422 e. The standard InChI is InChI=1S/C26H26F6O6/c1-2-35-22(23(33)34)15-19-8-10-20(11-9-19)36-14-5-3-4-12-24(38-18-26(30,31)32)13-6-7-21(16-24)37-17-25(27,28)29/h3,5-11,13,22H,2,14-18H2,1H3,(H,33,34)/t22-,24?/m0/s1. The highest BCUT2D eigenvalue weighted by Crippen LogP contribution is 2.31. The maximum atomic E-state index is 12.7. The van der Waals surface area contributed by atoms with E-state index in [9.17, 15) is 31.1 Å². The molecular weight excluding hydrogens is 522 g/mol. The number of allylic oxidation sites excluding steroid dienone is 3. The van der Waals surface area contributed by atoms with Gasteiger partial charge in [-0.25, -0.2) is 4.79 Å². The van der Waals surface area contributed by atoms with E-state index in [1.165, 1.54) is 30.4 Å². The third-order valence-electron chi connectivity index (χ3n) is 4.82. The van der Waals surface area contributed by atoms with Crippen molar-refractivity contribution in [2.75, 3.05) is 26.4 Å². The van der Waals surface area contributed by atoms with Gasteiger partial charge in [-0.3, -0.25) is 0 Å². The van der Waals surface area contributed by atoms with Gasteiger partial charge in [-0.2, -0.15) is 26.3 Å². The highest BCUT2D eigenvalue weighted by molar-refractivity contribution is 5.72. The molecule has 0 aliphatic heterocycles. The summed E-state index contributed by atoms with van der Waals surface area (Å²) in [5.74, 6) is 4.25. The Morgan fingerprint density at radius 2 is 1.79 bits per heavy atom. The molecule has 0 saturated heterocycles. The minimum Gasteiger partial charge on any atom is -0.490 e. The second-order valence-corrected chi connectivity index (χ2v) is 7.98. The maximum absolute atomic E-state index is 12.7. The van der Waals surface area contributed by atoms with Crippen LogP contribution < -0.4 is 4.74 Å². The van der Waals surface area contributed by atoms with Crippen LogP contribution in [-0.4, -0.2) is 61.6 Å². The van der Waals surface area contributed by atoms with E-state index in [1.807, 2.05) is 0 Å². The van der Waals surface area contributed by atoms with E-state index in [1.54, 1.807) is 31.2 Å². The van der Waals surface area contributed by atoms with Crippen LogP contribution in [0.5, 0.6) is 5.75 Å². The Kier molecular flexibility index (Phi) is 11.3. The molecular formula is C26H26F6O6. The zero-order valence-corrected chi connectivity index (χ0v) is 20.3. The molecule has 0 amide bonds. The van der Waals surface area contributed by atoms with E-state index in [0.29, 0.717) is 5.75 Å². The number of halogens is 6. The summed E-state index contributed by atoms with van der Waals surface area (Å²) in [4.78, 5) is 11.2. The van der Waals surface area contributed by atoms with Gasteiger partial charge in [-0.1, -0.05) is 30.0 Å². The van der Waals surface area contributed by atoms with Crippen LogP contribution in [0.2, 0.25) is 0 Å². The summed E-state index contributed by atoms with van der Waals surface area (Å²) >= 11 is 0. The number of hydrogen-bond donors (Lipinski definition) is 1. The predicted octanol–water partition coefficient (Wildman–Crippen LogP) is 5.40. The van der Waals surface area contributed by atoms with Crippen molar-refractivity contribution in [2.24, 2.45) is 0 Å². The molecule has 6 nitrogen and oxygen atoms in total. The number of aliphatic carboxylic acids is 1. The van der Waals surface area contributed by atoms with Crippen molar-refractivity contribution in [2.45, 2.75) is 43.8 Å².